The molecule has 0 atom stereocenters. The van der Waals surface area contributed by atoms with Gasteiger partial charge < -0.3 is 10.6 Å². The fourth-order valence-electron chi connectivity index (χ4n) is 3.40. The lowest BCUT2D eigenvalue weighted by Gasteiger charge is -2.09. The van der Waals surface area contributed by atoms with Gasteiger partial charge in [0.2, 0.25) is 0 Å². The lowest BCUT2D eigenvalue weighted by molar-refractivity contribution is 0.0945. The van der Waals surface area contributed by atoms with E-state index < -0.39 is 0 Å². The molecule has 1 heterocycles. The first-order chi connectivity index (χ1) is 16.1. The Hall–Kier alpha value is -4.32. The Balaban J connectivity index is 1.33. The number of pyridine rings is 1. The topological polar surface area (TPSA) is 71.1 Å². The normalized spacial score (nSPS) is 10.5. The summed E-state index contributed by atoms with van der Waals surface area (Å²) in [6, 6.07) is 24.3. The number of halogens is 1. The third-order valence-corrected chi connectivity index (χ3v) is 5.15. The number of nitrogens with zero attached hydrogens (tertiary/aromatic N) is 1. The Bertz CT molecular complexity index is 1260. The van der Waals surface area contributed by atoms with Gasteiger partial charge in [0.25, 0.3) is 11.8 Å². The Morgan fingerprint density at radius 1 is 0.667 bits per heavy atom. The van der Waals surface area contributed by atoms with Crippen LogP contribution in [0.3, 0.4) is 0 Å². The number of hydrogen-bond acceptors (Lipinski definition) is 3. The standard InChI is InChI=1S/C27H22FN3O2/c28-25-6-2-4-20(16-25)18-31-27(33)24-5-1-3-19(15-24)17-30-26(32)23-9-7-21(8-10-23)22-11-13-29-14-12-22/h1-16H,17-18H2,(H,30,32)(H,31,33). The van der Waals surface area contributed by atoms with Crippen LogP contribution in [-0.4, -0.2) is 16.8 Å². The molecule has 0 aliphatic heterocycles. The molecule has 4 rings (SSSR count). The third kappa shape index (κ3) is 5.89. The lowest BCUT2D eigenvalue weighted by Crippen LogP contribution is -2.24. The quantitative estimate of drug-likeness (QED) is 0.437. The zero-order valence-electron chi connectivity index (χ0n) is 17.8. The molecule has 0 radical (unpaired) electrons. The molecule has 0 bridgehead atoms. The Morgan fingerprint density at radius 2 is 1.24 bits per heavy atom. The second kappa shape index (κ2) is 10.3. The Labute approximate surface area is 191 Å². The first-order valence-corrected chi connectivity index (χ1v) is 10.5. The second-order valence-electron chi connectivity index (χ2n) is 7.51. The molecule has 0 spiro atoms. The molecule has 2 N–H and O–H groups in total. The van der Waals surface area contributed by atoms with Gasteiger partial charge in [-0.05, 0) is 70.8 Å². The van der Waals surface area contributed by atoms with Crippen LogP contribution in [0.2, 0.25) is 0 Å². The van der Waals surface area contributed by atoms with Crippen molar-refractivity contribution >= 4 is 11.8 Å². The van der Waals surface area contributed by atoms with E-state index in [1.807, 2.05) is 30.3 Å². The summed E-state index contributed by atoms with van der Waals surface area (Å²) in [6.45, 7) is 0.517. The summed E-state index contributed by atoms with van der Waals surface area (Å²) in [5.41, 5.74) is 4.55. The van der Waals surface area contributed by atoms with Gasteiger partial charge in [-0.1, -0.05) is 36.4 Å². The molecule has 0 fully saturated rings. The van der Waals surface area contributed by atoms with Crippen LogP contribution in [0, 0.1) is 5.82 Å². The highest BCUT2D eigenvalue weighted by Crippen LogP contribution is 2.18. The number of hydrogen-bond donors (Lipinski definition) is 2. The highest BCUT2D eigenvalue weighted by Gasteiger charge is 2.09. The van der Waals surface area contributed by atoms with Crippen molar-refractivity contribution in [3.8, 4) is 11.1 Å². The summed E-state index contributed by atoms with van der Waals surface area (Å²) in [4.78, 5) is 29.0. The summed E-state index contributed by atoms with van der Waals surface area (Å²) in [5.74, 6) is -0.803. The maximum absolute atomic E-state index is 13.3. The van der Waals surface area contributed by atoms with Crippen molar-refractivity contribution in [2.45, 2.75) is 13.1 Å². The van der Waals surface area contributed by atoms with E-state index in [2.05, 4.69) is 15.6 Å². The summed E-state index contributed by atoms with van der Waals surface area (Å²) < 4.78 is 13.3. The molecule has 0 saturated heterocycles. The third-order valence-electron chi connectivity index (χ3n) is 5.15. The minimum atomic E-state index is -0.341. The molecular formula is C27H22FN3O2. The zero-order chi connectivity index (χ0) is 23.0. The molecular weight excluding hydrogens is 417 g/mol. The van der Waals surface area contributed by atoms with Gasteiger partial charge in [-0.2, -0.15) is 0 Å². The predicted molar refractivity (Wildman–Crippen MR) is 125 cm³/mol. The molecule has 2 amide bonds. The number of aromatic nitrogens is 1. The van der Waals surface area contributed by atoms with E-state index in [0.29, 0.717) is 16.7 Å². The fourth-order valence-corrected chi connectivity index (χ4v) is 3.40. The van der Waals surface area contributed by atoms with Crippen molar-refractivity contribution in [1.82, 2.24) is 15.6 Å². The number of amides is 2. The van der Waals surface area contributed by atoms with Gasteiger partial charge >= 0.3 is 0 Å². The van der Waals surface area contributed by atoms with Crippen molar-refractivity contribution in [3.63, 3.8) is 0 Å². The van der Waals surface area contributed by atoms with E-state index in [1.54, 1.807) is 54.9 Å². The van der Waals surface area contributed by atoms with Gasteiger partial charge in [-0.3, -0.25) is 14.6 Å². The van der Waals surface area contributed by atoms with E-state index in [-0.39, 0.29) is 30.7 Å². The molecule has 3 aromatic carbocycles. The van der Waals surface area contributed by atoms with E-state index >= 15 is 0 Å². The molecule has 0 saturated carbocycles. The summed E-state index contributed by atoms with van der Waals surface area (Å²) >= 11 is 0. The van der Waals surface area contributed by atoms with Crippen molar-refractivity contribution in [2.24, 2.45) is 0 Å². The minimum Gasteiger partial charge on any atom is -0.348 e. The largest absolute Gasteiger partial charge is 0.348 e. The van der Waals surface area contributed by atoms with Crippen molar-refractivity contribution in [1.29, 1.82) is 0 Å². The molecule has 1 aromatic heterocycles. The lowest BCUT2D eigenvalue weighted by atomic mass is 10.0. The van der Waals surface area contributed by atoms with E-state index in [0.717, 1.165) is 16.7 Å². The Morgan fingerprint density at radius 3 is 1.91 bits per heavy atom. The SMILES string of the molecule is O=C(NCc1cccc(C(=O)NCc2cccc(F)c2)c1)c1ccc(-c2ccncc2)cc1. The van der Waals surface area contributed by atoms with Crippen LogP contribution in [-0.2, 0) is 13.1 Å². The summed E-state index contributed by atoms with van der Waals surface area (Å²) in [7, 11) is 0. The van der Waals surface area contributed by atoms with Crippen LogP contribution in [0.5, 0.6) is 0 Å². The average Bonchev–Trinajstić information content (AvgIpc) is 2.86. The van der Waals surface area contributed by atoms with Gasteiger partial charge in [-0.15, -0.1) is 0 Å². The van der Waals surface area contributed by atoms with Crippen molar-refractivity contribution < 1.29 is 14.0 Å². The summed E-state index contributed by atoms with van der Waals surface area (Å²) in [5, 5.41) is 5.66. The molecule has 0 aliphatic rings. The van der Waals surface area contributed by atoms with Gasteiger partial charge in [0.1, 0.15) is 5.82 Å². The van der Waals surface area contributed by atoms with E-state index in [9.17, 15) is 14.0 Å². The molecule has 33 heavy (non-hydrogen) atoms. The summed E-state index contributed by atoms with van der Waals surface area (Å²) in [6.07, 6.45) is 3.46. The van der Waals surface area contributed by atoms with Crippen LogP contribution in [0.4, 0.5) is 4.39 Å². The van der Waals surface area contributed by atoms with Gasteiger partial charge in [0.05, 0.1) is 0 Å². The molecule has 164 valence electrons. The fraction of sp³-hybridized carbons (Fsp3) is 0.0741. The van der Waals surface area contributed by atoms with E-state index in [4.69, 9.17) is 0 Å². The number of nitrogens with one attached hydrogen (secondary N) is 2. The molecule has 0 unspecified atom stereocenters. The predicted octanol–water partition coefficient (Wildman–Crippen LogP) is 4.75. The molecule has 0 aliphatic carbocycles. The van der Waals surface area contributed by atoms with E-state index in [1.165, 1.54) is 12.1 Å². The molecule has 5 nitrogen and oxygen atoms in total. The van der Waals surface area contributed by atoms with Crippen molar-refractivity contribution in [3.05, 3.63) is 125 Å². The number of carbonyl (C=O) groups is 2. The highest BCUT2D eigenvalue weighted by atomic mass is 19.1. The monoisotopic (exact) mass is 439 g/mol. The molecule has 6 heteroatoms. The van der Waals surface area contributed by atoms with Gasteiger partial charge in [-0.25, -0.2) is 4.39 Å². The number of rotatable bonds is 7. The van der Waals surface area contributed by atoms with Crippen LogP contribution >= 0.6 is 0 Å². The highest BCUT2D eigenvalue weighted by molar-refractivity contribution is 5.95. The average molecular weight is 439 g/mol. The van der Waals surface area contributed by atoms with Crippen LogP contribution in [0.15, 0.2) is 97.3 Å². The maximum atomic E-state index is 13.3. The minimum absolute atomic E-state index is 0.197. The first-order valence-electron chi connectivity index (χ1n) is 10.5. The maximum Gasteiger partial charge on any atom is 0.251 e. The number of carbonyl (C=O) groups excluding carboxylic acids is 2. The first kappa shape index (κ1) is 21.9. The van der Waals surface area contributed by atoms with Crippen LogP contribution < -0.4 is 10.6 Å². The smallest absolute Gasteiger partial charge is 0.251 e. The molecule has 4 aromatic rings. The number of benzene rings is 3. The van der Waals surface area contributed by atoms with Crippen molar-refractivity contribution in [2.75, 3.05) is 0 Å². The van der Waals surface area contributed by atoms with Crippen LogP contribution in [0.1, 0.15) is 31.8 Å². The zero-order valence-corrected chi connectivity index (χ0v) is 17.8. The Kier molecular flexibility index (Phi) is 6.85. The second-order valence-corrected chi connectivity index (χ2v) is 7.51. The van der Waals surface area contributed by atoms with Gasteiger partial charge in [0, 0.05) is 36.6 Å². The van der Waals surface area contributed by atoms with Gasteiger partial charge in [0.15, 0.2) is 0 Å². The van der Waals surface area contributed by atoms with Crippen LogP contribution in [0.25, 0.3) is 11.1 Å².